The van der Waals surface area contributed by atoms with Crippen molar-refractivity contribution < 1.29 is 19.1 Å². The highest BCUT2D eigenvalue weighted by Crippen LogP contribution is 2.33. The second-order valence-corrected chi connectivity index (χ2v) is 7.73. The summed E-state index contributed by atoms with van der Waals surface area (Å²) in [5.41, 5.74) is 3.78. The number of urea groups is 1. The maximum Gasteiger partial charge on any atom is 0.338 e. The number of carbonyl (C=O) groups is 2. The molecule has 6 nitrogen and oxygen atoms in total. The minimum absolute atomic E-state index is 0.0506. The van der Waals surface area contributed by atoms with Crippen molar-refractivity contribution in [2.45, 2.75) is 33.7 Å². The van der Waals surface area contributed by atoms with E-state index in [1.54, 1.807) is 25.1 Å². The lowest BCUT2D eigenvalue weighted by atomic mass is 9.94. The zero-order valence-electron chi connectivity index (χ0n) is 18.2. The number of aryl methyl sites for hydroxylation is 2. The Morgan fingerprint density at radius 3 is 2.55 bits per heavy atom. The van der Waals surface area contributed by atoms with Crippen molar-refractivity contribution in [3.63, 3.8) is 0 Å². The summed E-state index contributed by atoms with van der Waals surface area (Å²) in [4.78, 5) is 27.4. The summed E-state index contributed by atoms with van der Waals surface area (Å²) in [5, 5.41) is 3.42. The van der Waals surface area contributed by atoms with Crippen molar-refractivity contribution >= 4 is 23.6 Å². The zero-order chi connectivity index (χ0) is 22.5. The van der Waals surface area contributed by atoms with Crippen molar-refractivity contribution in [2.75, 3.05) is 19.8 Å². The van der Waals surface area contributed by atoms with E-state index in [0.29, 0.717) is 34.2 Å². The Bertz CT molecular complexity index is 1020. The van der Waals surface area contributed by atoms with Crippen LogP contribution in [-0.2, 0) is 9.53 Å². The van der Waals surface area contributed by atoms with Gasteiger partial charge in [0.05, 0.1) is 23.9 Å². The summed E-state index contributed by atoms with van der Waals surface area (Å²) in [7, 11) is 0. The van der Waals surface area contributed by atoms with Gasteiger partial charge in [0.25, 0.3) is 0 Å². The van der Waals surface area contributed by atoms with Crippen LogP contribution in [0.1, 0.15) is 36.6 Å². The average Bonchev–Trinajstić information content (AvgIpc) is 2.74. The van der Waals surface area contributed by atoms with Gasteiger partial charge >= 0.3 is 12.0 Å². The van der Waals surface area contributed by atoms with E-state index in [9.17, 15) is 9.59 Å². The maximum atomic E-state index is 13.0. The Morgan fingerprint density at radius 2 is 1.90 bits per heavy atom. The smallest absolute Gasteiger partial charge is 0.338 e. The fourth-order valence-electron chi connectivity index (χ4n) is 3.53. The van der Waals surface area contributed by atoms with Crippen molar-refractivity contribution in [1.29, 1.82) is 0 Å². The first-order valence-corrected chi connectivity index (χ1v) is 10.7. The second-order valence-electron chi connectivity index (χ2n) is 7.30. The predicted molar refractivity (Wildman–Crippen MR) is 120 cm³/mol. The van der Waals surface area contributed by atoms with Gasteiger partial charge in [0, 0.05) is 11.6 Å². The number of rotatable bonds is 7. The molecule has 1 aliphatic heterocycles. The number of hydrogen-bond donors (Lipinski definition) is 1. The number of amides is 2. The lowest BCUT2D eigenvalue weighted by Crippen LogP contribution is -2.49. The van der Waals surface area contributed by atoms with Crippen LogP contribution in [0.25, 0.3) is 0 Å². The highest BCUT2D eigenvalue weighted by Gasteiger charge is 2.38. The molecular weight excluding hydrogens is 416 g/mol. The van der Waals surface area contributed by atoms with Crippen LogP contribution >= 0.6 is 11.6 Å². The third kappa shape index (κ3) is 5.02. The van der Waals surface area contributed by atoms with E-state index < -0.39 is 12.0 Å². The van der Waals surface area contributed by atoms with Gasteiger partial charge in [0.1, 0.15) is 12.4 Å². The first-order chi connectivity index (χ1) is 14.8. The molecular formula is C24H27ClN2O4. The lowest BCUT2D eigenvalue weighted by molar-refractivity contribution is -0.139. The molecule has 3 rings (SSSR count). The zero-order valence-corrected chi connectivity index (χ0v) is 19.0. The predicted octanol–water partition coefficient (Wildman–Crippen LogP) is 4.94. The monoisotopic (exact) mass is 442 g/mol. The summed E-state index contributed by atoms with van der Waals surface area (Å²) in [6, 6.07) is 11.9. The van der Waals surface area contributed by atoms with Gasteiger partial charge in [-0.1, -0.05) is 29.8 Å². The van der Waals surface area contributed by atoms with Gasteiger partial charge in [-0.3, -0.25) is 4.90 Å². The SMILES string of the molecule is CCOC(=O)C1=C(COc2ccc(C)c(C)c2)N(CC)C(=O)N[C@H]1c1cccc(Cl)c1. The topological polar surface area (TPSA) is 67.9 Å². The molecule has 0 aliphatic carbocycles. The van der Waals surface area contributed by atoms with E-state index in [2.05, 4.69) is 5.32 Å². The standard InChI is InChI=1S/C24H27ClN2O4/c1-5-27-20(14-31-19-11-10-15(3)16(4)12-19)21(23(28)30-6-2)22(26-24(27)29)17-8-7-9-18(25)13-17/h7-13,22H,5-6,14H2,1-4H3,(H,26,29)/t22-/m0/s1. The van der Waals surface area contributed by atoms with E-state index in [1.165, 1.54) is 4.90 Å². The highest BCUT2D eigenvalue weighted by molar-refractivity contribution is 6.30. The van der Waals surface area contributed by atoms with E-state index in [0.717, 1.165) is 11.1 Å². The molecule has 0 saturated carbocycles. The number of nitrogens with one attached hydrogen (secondary N) is 1. The van der Waals surface area contributed by atoms with Gasteiger partial charge in [0.2, 0.25) is 0 Å². The highest BCUT2D eigenvalue weighted by atomic mass is 35.5. The molecule has 31 heavy (non-hydrogen) atoms. The molecule has 0 aromatic heterocycles. The molecule has 1 aliphatic rings. The van der Waals surface area contributed by atoms with Crippen LogP contribution in [0.5, 0.6) is 5.75 Å². The number of ether oxygens (including phenoxy) is 2. The molecule has 0 radical (unpaired) electrons. The summed E-state index contributed by atoms with van der Waals surface area (Å²) in [6.45, 7) is 8.27. The summed E-state index contributed by atoms with van der Waals surface area (Å²) >= 11 is 6.17. The minimum Gasteiger partial charge on any atom is -0.487 e. The van der Waals surface area contributed by atoms with E-state index >= 15 is 0 Å². The van der Waals surface area contributed by atoms with Gasteiger partial charge in [-0.05, 0) is 68.7 Å². The van der Waals surface area contributed by atoms with Gasteiger partial charge in [-0.15, -0.1) is 0 Å². The molecule has 2 amide bonds. The van der Waals surface area contributed by atoms with Crippen LogP contribution in [0.4, 0.5) is 4.79 Å². The quantitative estimate of drug-likeness (QED) is 0.617. The number of likely N-dealkylation sites (N-methyl/N-ethyl adjacent to an activating group) is 1. The first kappa shape index (κ1) is 22.7. The molecule has 2 aromatic rings. The summed E-state index contributed by atoms with van der Waals surface area (Å²) in [5.74, 6) is 0.171. The van der Waals surface area contributed by atoms with E-state index in [-0.39, 0.29) is 19.2 Å². The van der Waals surface area contributed by atoms with Crippen molar-refractivity contribution in [1.82, 2.24) is 10.2 Å². The fourth-order valence-corrected chi connectivity index (χ4v) is 3.73. The Balaban J connectivity index is 2.06. The molecule has 0 saturated heterocycles. The normalized spacial score (nSPS) is 16.2. The molecule has 1 atom stereocenters. The summed E-state index contributed by atoms with van der Waals surface area (Å²) in [6.07, 6.45) is 0. The Hall–Kier alpha value is -2.99. The number of benzene rings is 2. The number of nitrogens with zero attached hydrogens (tertiary/aromatic N) is 1. The molecule has 164 valence electrons. The molecule has 1 heterocycles. The number of halogens is 1. The summed E-state index contributed by atoms with van der Waals surface area (Å²) < 4.78 is 11.4. The molecule has 0 unspecified atom stereocenters. The Labute approximate surface area is 187 Å². The van der Waals surface area contributed by atoms with Crippen molar-refractivity contribution in [3.8, 4) is 5.75 Å². The molecule has 0 bridgehead atoms. The fraction of sp³-hybridized carbons (Fsp3) is 0.333. The van der Waals surface area contributed by atoms with Gasteiger partial charge in [-0.2, -0.15) is 0 Å². The van der Waals surface area contributed by atoms with Gasteiger partial charge in [0.15, 0.2) is 0 Å². The van der Waals surface area contributed by atoms with Crippen molar-refractivity contribution in [2.24, 2.45) is 0 Å². The van der Waals surface area contributed by atoms with Crippen molar-refractivity contribution in [3.05, 3.63) is 75.4 Å². The number of carbonyl (C=O) groups excluding carboxylic acids is 2. The molecule has 0 fully saturated rings. The number of esters is 1. The first-order valence-electron chi connectivity index (χ1n) is 10.3. The van der Waals surface area contributed by atoms with Crippen LogP contribution in [0.15, 0.2) is 53.7 Å². The average molecular weight is 443 g/mol. The molecule has 0 spiro atoms. The number of hydrogen-bond acceptors (Lipinski definition) is 4. The third-order valence-corrected chi connectivity index (χ3v) is 5.52. The van der Waals surface area contributed by atoms with Crippen LogP contribution in [-0.4, -0.2) is 36.7 Å². The Kier molecular flexibility index (Phi) is 7.23. The van der Waals surface area contributed by atoms with Crippen LogP contribution in [0.3, 0.4) is 0 Å². The van der Waals surface area contributed by atoms with Crippen LogP contribution < -0.4 is 10.1 Å². The minimum atomic E-state index is -0.689. The Morgan fingerprint density at radius 1 is 1.13 bits per heavy atom. The van der Waals surface area contributed by atoms with Gasteiger partial charge < -0.3 is 14.8 Å². The van der Waals surface area contributed by atoms with Crippen LogP contribution in [0, 0.1) is 13.8 Å². The van der Waals surface area contributed by atoms with E-state index in [4.69, 9.17) is 21.1 Å². The molecule has 1 N–H and O–H groups in total. The molecule has 7 heteroatoms. The van der Waals surface area contributed by atoms with Gasteiger partial charge in [-0.25, -0.2) is 9.59 Å². The maximum absolute atomic E-state index is 13.0. The van der Waals surface area contributed by atoms with Crippen LogP contribution in [0.2, 0.25) is 5.02 Å². The lowest BCUT2D eigenvalue weighted by Gasteiger charge is -2.36. The third-order valence-electron chi connectivity index (χ3n) is 5.29. The largest absolute Gasteiger partial charge is 0.487 e. The molecule has 2 aromatic carbocycles. The van der Waals surface area contributed by atoms with E-state index in [1.807, 2.05) is 45.0 Å². The second kappa shape index (κ2) is 9.88.